The smallest absolute Gasteiger partial charge is 0.0968 e. The van der Waals surface area contributed by atoms with Crippen molar-refractivity contribution < 1.29 is 0 Å². The van der Waals surface area contributed by atoms with Gasteiger partial charge in [0.05, 0.1) is 17.9 Å². The molecule has 0 aromatic carbocycles. The summed E-state index contributed by atoms with van der Waals surface area (Å²) in [6.45, 7) is 7.56. The van der Waals surface area contributed by atoms with Crippen molar-refractivity contribution in [3.8, 4) is 0 Å². The van der Waals surface area contributed by atoms with Gasteiger partial charge in [-0.25, -0.2) is 0 Å². The molecule has 1 aliphatic rings. The molecule has 0 bridgehead atoms. The Balaban J connectivity index is 2.19. The Labute approximate surface area is 75.5 Å². The number of amidine groups is 1. The van der Waals surface area contributed by atoms with Crippen LogP contribution in [-0.2, 0) is 0 Å². The molecule has 2 nitrogen and oxygen atoms in total. The van der Waals surface area contributed by atoms with E-state index in [4.69, 9.17) is 0 Å². The van der Waals surface area contributed by atoms with Crippen LogP contribution in [0.3, 0.4) is 0 Å². The highest BCUT2D eigenvalue weighted by molar-refractivity contribution is 5.84. The van der Waals surface area contributed by atoms with Crippen LogP contribution in [0.25, 0.3) is 0 Å². The summed E-state index contributed by atoms with van der Waals surface area (Å²) in [4.78, 5) is 4.47. The topological polar surface area (TPSA) is 24.4 Å². The Morgan fingerprint density at radius 2 is 2.17 bits per heavy atom. The van der Waals surface area contributed by atoms with E-state index in [1.165, 1.54) is 25.1 Å². The van der Waals surface area contributed by atoms with Gasteiger partial charge in [0.2, 0.25) is 0 Å². The third kappa shape index (κ3) is 2.84. The largest absolute Gasteiger partial charge is 0.367 e. The molecule has 70 valence electrons. The second-order valence-electron chi connectivity index (χ2n) is 4.23. The summed E-state index contributed by atoms with van der Waals surface area (Å²) >= 11 is 0. The van der Waals surface area contributed by atoms with Crippen LogP contribution in [0.2, 0.25) is 0 Å². The maximum absolute atomic E-state index is 4.47. The molecule has 0 atom stereocenters. The Morgan fingerprint density at radius 3 is 2.67 bits per heavy atom. The van der Waals surface area contributed by atoms with E-state index in [1.807, 2.05) is 0 Å². The van der Waals surface area contributed by atoms with E-state index < -0.39 is 0 Å². The van der Waals surface area contributed by atoms with Crippen LogP contribution in [0.4, 0.5) is 0 Å². The van der Waals surface area contributed by atoms with Gasteiger partial charge in [0, 0.05) is 6.42 Å². The quantitative estimate of drug-likeness (QED) is 0.640. The fourth-order valence-corrected chi connectivity index (χ4v) is 1.45. The summed E-state index contributed by atoms with van der Waals surface area (Å²) < 4.78 is 0. The lowest BCUT2D eigenvalue weighted by molar-refractivity contribution is 0.503. The summed E-state index contributed by atoms with van der Waals surface area (Å²) in [7, 11) is 0. The first-order valence-electron chi connectivity index (χ1n) is 4.95. The molecule has 1 heterocycles. The third-order valence-corrected chi connectivity index (χ3v) is 2.17. The molecular formula is C10H20N2. The fourth-order valence-electron chi connectivity index (χ4n) is 1.45. The van der Waals surface area contributed by atoms with Gasteiger partial charge >= 0.3 is 0 Å². The highest BCUT2D eigenvalue weighted by atomic mass is 15.1. The summed E-state index contributed by atoms with van der Waals surface area (Å²) in [5, 5.41) is 3.44. The minimum atomic E-state index is 0.210. The average Bonchev–Trinajstić information content (AvgIpc) is 2.31. The first-order chi connectivity index (χ1) is 5.64. The minimum absolute atomic E-state index is 0.210. The maximum Gasteiger partial charge on any atom is 0.0968 e. The van der Waals surface area contributed by atoms with Crippen LogP contribution in [0.1, 0.15) is 46.5 Å². The first kappa shape index (κ1) is 9.56. The number of hydrogen-bond acceptors (Lipinski definition) is 2. The predicted octanol–water partition coefficient (Wildman–Crippen LogP) is 2.35. The van der Waals surface area contributed by atoms with Crippen molar-refractivity contribution in [2.24, 2.45) is 4.99 Å². The molecule has 0 aromatic heterocycles. The lowest BCUT2D eigenvalue weighted by atomic mass is 10.1. The van der Waals surface area contributed by atoms with Crippen LogP contribution in [0, 0.1) is 0 Å². The standard InChI is InChI=1S/C10H20N2/c1-4-5-6-7-9-11-8-10(2,3)12-9/h4-8H2,1-3H3,(H,11,12). The molecule has 0 spiro atoms. The van der Waals surface area contributed by atoms with E-state index in [2.05, 4.69) is 31.1 Å². The molecule has 0 amide bonds. The van der Waals surface area contributed by atoms with E-state index in [-0.39, 0.29) is 5.54 Å². The number of rotatable bonds is 4. The molecule has 0 unspecified atom stereocenters. The van der Waals surface area contributed by atoms with Gasteiger partial charge in [0.15, 0.2) is 0 Å². The lowest BCUT2D eigenvalue weighted by Crippen LogP contribution is -2.39. The van der Waals surface area contributed by atoms with Gasteiger partial charge in [0.25, 0.3) is 0 Å². The van der Waals surface area contributed by atoms with Crippen LogP contribution in [0.15, 0.2) is 4.99 Å². The highest BCUT2D eigenvalue weighted by Crippen LogP contribution is 2.12. The van der Waals surface area contributed by atoms with Crippen molar-refractivity contribution in [1.29, 1.82) is 0 Å². The molecule has 1 aliphatic heterocycles. The molecule has 0 saturated heterocycles. The summed E-state index contributed by atoms with van der Waals surface area (Å²) in [6.07, 6.45) is 5.02. The normalized spacial score (nSPS) is 20.4. The van der Waals surface area contributed by atoms with Crippen molar-refractivity contribution in [3.05, 3.63) is 0 Å². The van der Waals surface area contributed by atoms with Crippen molar-refractivity contribution in [2.45, 2.75) is 52.0 Å². The van der Waals surface area contributed by atoms with E-state index in [9.17, 15) is 0 Å². The molecular weight excluding hydrogens is 148 g/mol. The minimum Gasteiger partial charge on any atom is -0.367 e. The van der Waals surface area contributed by atoms with Crippen LogP contribution in [0.5, 0.6) is 0 Å². The summed E-state index contributed by atoms with van der Waals surface area (Å²) in [5.41, 5.74) is 0.210. The van der Waals surface area contributed by atoms with Crippen molar-refractivity contribution >= 4 is 5.84 Å². The monoisotopic (exact) mass is 168 g/mol. The Hall–Kier alpha value is -0.530. The number of aliphatic imine (C=N–C) groups is 1. The van der Waals surface area contributed by atoms with Gasteiger partial charge in [-0.2, -0.15) is 0 Å². The van der Waals surface area contributed by atoms with Gasteiger partial charge < -0.3 is 5.32 Å². The zero-order valence-corrected chi connectivity index (χ0v) is 8.48. The van der Waals surface area contributed by atoms with E-state index in [1.54, 1.807) is 0 Å². The number of hydrogen-bond donors (Lipinski definition) is 1. The SMILES string of the molecule is CCCCCC1=NCC(C)(C)N1. The van der Waals surface area contributed by atoms with Crippen LogP contribution >= 0.6 is 0 Å². The Kier molecular flexibility index (Phi) is 3.12. The van der Waals surface area contributed by atoms with E-state index >= 15 is 0 Å². The summed E-state index contributed by atoms with van der Waals surface area (Å²) in [5.74, 6) is 1.22. The number of nitrogens with zero attached hydrogens (tertiary/aromatic N) is 1. The van der Waals surface area contributed by atoms with Crippen LogP contribution < -0.4 is 5.32 Å². The molecule has 0 fully saturated rings. The third-order valence-electron chi connectivity index (χ3n) is 2.17. The Morgan fingerprint density at radius 1 is 1.42 bits per heavy atom. The number of nitrogens with one attached hydrogen (secondary N) is 1. The molecule has 12 heavy (non-hydrogen) atoms. The highest BCUT2D eigenvalue weighted by Gasteiger charge is 2.23. The molecule has 0 radical (unpaired) electrons. The van der Waals surface area contributed by atoms with Crippen LogP contribution in [-0.4, -0.2) is 17.9 Å². The van der Waals surface area contributed by atoms with Gasteiger partial charge in [-0.3, -0.25) is 4.99 Å². The predicted molar refractivity (Wildman–Crippen MR) is 53.7 cm³/mol. The molecule has 0 aromatic rings. The van der Waals surface area contributed by atoms with Gasteiger partial charge in [0.1, 0.15) is 0 Å². The maximum atomic E-state index is 4.47. The lowest BCUT2D eigenvalue weighted by Gasteiger charge is -2.18. The number of unbranched alkanes of at least 4 members (excludes halogenated alkanes) is 2. The van der Waals surface area contributed by atoms with Gasteiger partial charge in [-0.05, 0) is 20.3 Å². The first-order valence-corrected chi connectivity index (χ1v) is 4.95. The van der Waals surface area contributed by atoms with Crippen molar-refractivity contribution in [3.63, 3.8) is 0 Å². The summed E-state index contributed by atoms with van der Waals surface area (Å²) in [6, 6.07) is 0. The fraction of sp³-hybridized carbons (Fsp3) is 0.900. The zero-order valence-electron chi connectivity index (χ0n) is 8.48. The van der Waals surface area contributed by atoms with Crippen molar-refractivity contribution in [2.75, 3.05) is 6.54 Å². The Bertz CT molecular complexity index is 171. The molecule has 2 heteroatoms. The molecule has 0 saturated carbocycles. The van der Waals surface area contributed by atoms with Gasteiger partial charge in [-0.15, -0.1) is 0 Å². The van der Waals surface area contributed by atoms with E-state index in [0.717, 1.165) is 13.0 Å². The second kappa shape index (κ2) is 3.92. The molecule has 1 rings (SSSR count). The molecule has 0 aliphatic carbocycles. The van der Waals surface area contributed by atoms with Crippen molar-refractivity contribution in [1.82, 2.24) is 5.32 Å². The van der Waals surface area contributed by atoms with E-state index in [0.29, 0.717) is 0 Å². The van der Waals surface area contributed by atoms with Gasteiger partial charge in [-0.1, -0.05) is 19.8 Å². The average molecular weight is 168 g/mol. The molecule has 1 N–H and O–H groups in total. The zero-order chi connectivity index (χ0) is 9.03. The second-order valence-corrected chi connectivity index (χ2v) is 4.23.